The van der Waals surface area contributed by atoms with E-state index in [1.165, 1.54) is 127 Å². The van der Waals surface area contributed by atoms with Crippen molar-refractivity contribution in [1.82, 2.24) is 4.57 Å². The maximum absolute atomic E-state index is 2.58. The summed E-state index contributed by atoms with van der Waals surface area (Å²) < 4.78 is 2.54. The molecule has 2 aliphatic carbocycles. The molecule has 0 amide bonds. The molecule has 0 bridgehead atoms. The first-order valence-corrected chi connectivity index (χ1v) is 26.6. The Morgan fingerprint density at radius 1 is 0.289 bits per heavy atom. The highest BCUT2D eigenvalue weighted by Gasteiger charge is 2.52. The number of hydrogen-bond acceptors (Lipinski definition) is 1. The molecule has 17 rings (SSSR count). The fourth-order valence-electron chi connectivity index (χ4n) is 14.7. The van der Waals surface area contributed by atoms with E-state index in [9.17, 15) is 0 Å². The quantitative estimate of drug-likeness (QED) is 0.156. The molecule has 0 saturated carbocycles. The number of benzene rings is 13. The Balaban J connectivity index is 0.992. The van der Waals surface area contributed by atoms with E-state index >= 15 is 0 Å². The topological polar surface area (TPSA) is 8.17 Å². The van der Waals surface area contributed by atoms with Gasteiger partial charge in [-0.2, -0.15) is 0 Å². The van der Waals surface area contributed by atoms with E-state index < -0.39 is 10.8 Å². The maximum atomic E-state index is 2.58. The Hall–Kier alpha value is -9.76. The van der Waals surface area contributed by atoms with Crippen LogP contribution in [-0.2, 0) is 10.8 Å². The molecular weight excluding hydrogens is 917 g/mol. The molecule has 352 valence electrons. The molecule has 1 spiro atoms. The summed E-state index contributed by atoms with van der Waals surface area (Å²) >= 11 is 0. The number of para-hydroxylation sites is 3. The van der Waals surface area contributed by atoms with E-state index in [1.807, 2.05) is 0 Å². The lowest BCUT2D eigenvalue weighted by molar-refractivity contribution is 0.748. The third-order valence-corrected chi connectivity index (χ3v) is 17.6. The van der Waals surface area contributed by atoms with Crippen molar-refractivity contribution in [2.45, 2.75) is 10.8 Å². The summed E-state index contributed by atoms with van der Waals surface area (Å²) in [6, 6.07) is 105. The van der Waals surface area contributed by atoms with Crippen molar-refractivity contribution in [3.63, 3.8) is 0 Å². The lowest BCUT2D eigenvalue weighted by Gasteiger charge is -2.39. The molecule has 0 fully saturated rings. The van der Waals surface area contributed by atoms with Gasteiger partial charge in [0.05, 0.1) is 33.2 Å². The zero-order chi connectivity index (χ0) is 49.7. The molecule has 14 aromatic rings. The fraction of sp³-hybridized carbons (Fsp3) is 0.0270. The van der Waals surface area contributed by atoms with Gasteiger partial charge in [0.2, 0.25) is 0 Å². The van der Waals surface area contributed by atoms with E-state index in [1.54, 1.807) is 0 Å². The van der Waals surface area contributed by atoms with E-state index in [0.29, 0.717) is 0 Å². The van der Waals surface area contributed by atoms with Gasteiger partial charge in [0.25, 0.3) is 0 Å². The van der Waals surface area contributed by atoms with Gasteiger partial charge in [0.15, 0.2) is 0 Å². The van der Waals surface area contributed by atoms with Crippen LogP contribution in [0.4, 0.5) is 17.1 Å². The van der Waals surface area contributed by atoms with Crippen LogP contribution >= 0.6 is 0 Å². The Morgan fingerprint density at radius 3 is 1.67 bits per heavy atom. The van der Waals surface area contributed by atoms with Crippen LogP contribution in [0.1, 0.15) is 44.5 Å². The van der Waals surface area contributed by atoms with Crippen LogP contribution in [0.3, 0.4) is 0 Å². The van der Waals surface area contributed by atoms with Gasteiger partial charge < -0.3 is 9.47 Å². The van der Waals surface area contributed by atoms with Gasteiger partial charge in [0.1, 0.15) is 0 Å². The number of hydrogen-bond donors (Lipinski definition) is 0. The average molecular weight is 963 g/mol. The summed E-state index contributed by atoms with van der Waals surface area (Å²) in [6.45, 7) is 0. The van der Waals surface area contributed by atoms with E-state index in [-0.39, 0.29) is 0 Å². The van der Waals surface area contributed by atoms with Crippen molar-refractivity contribution in [2.75, 3.05) is 4.90 Å². The molecule has 1 unspecified atom stereocenters. The highest BCUT2D eigenvalue weighted by molar-refractivity contribution is 6.14. The molecule has 1 aromatic heterocycles. The normalized spacial score (nSPS) is 15.3. The highest BCUT2D eigenvalue weighted by Crippen LogP contribution is 2.64. The van der Waals surface area contributed by atoms with Crippen molar-refractivity contribution in [1.29, 1.82) is 0 Å². The average Bonchev–Trinajstić information content (AvgIpc) is 4.25. The molecule has 1 aliphatic heterocycles. The highest BCUT2D eigenvalue weighted by atomic mass is 15.1. The van der Waals surface area contributed by atoms with Crippen LogP contribution in [-0.4, -0.2) is 4.57 Å². The van der Waals surface area contributed by atoms with Crippen molar-refractivity contribution in [3.8, 4) is 27.9 Å². The summed E-state index contributed by atoms with van der Waals surface area (Å²) in [5.41, 5.74) is 21.2. The zero-order valence-corrected chi connectivity index (χ0v) is 41.5. The molecule has 1 atom stereocenters. The molecule has 0 N–H and O–H groups in total. The fourth-order valence-corrected chi connectivity index (χ4v) is 14.7. The summed E-state index contributed by atoms with van der Waals surface area (Å²) in [6.07, 6.45) is 0. The third-order valence-electron chi connectivity index (χ3n) is 17.6. The minimum absolute atomic E-state index is 0.604. The van der Waals surface area contributed by atoms with Gasteiger partial charge in [-0.1, -0.05) is 237 Å². The van der Waals surface area contributed by atoms with Crippen LogP contribution in [0.5, 0.6) is 0 Å². The number of rotatable bonds is 5. The monoisotopic (exact) mass is 962 g/mol. The van der Waals surface area contributed by atoms with E-state index in [2.05, 4.69) is 289 Å². The number of fused-ring (bicyclic) bond motifs is 20. The van der Waals surface area contributed by atoms with Crippen LogP contribution in [0.2, 0.25) is 0 Å². The second kappa shape index (κ2) is 15.4. The standard InChI is InChI=1S/C74H46N2/c1-3-21-50(22-4-1)73(51-23-5-2-6-24-51)64-44-39-48-20-8-10-26-56(48)70(64)60-43-41-53(46-66(60)73)75(52-40-42-55-49(45-52)38-37-47-19-7-9-25-54(47)55)69-36-18-32-63-71(69)59-28-11-13-30-61(59)74(63)62-31-14-16-35-68(62)76-67-34-15-12-27-57(67)58-29-17-33-65(74)72(58)76/h1-46H. The van der Waals surface area contributed by atoms with Gasteiger partial charge >= 0.3 is 0 Å². The Kier molecular flexibility index (Phi) is 8.44. The first-order valence-electron chi connectivity index (χ1n) is 26.6. The van der Waals surface area contributed by atoms with Gasteiger partial charge in [-0.25, -0.2) is 0 Å². The molecule has 2 heterocycles. The summed E-state index contributed by atoms with van der Waals surface area (Å²) in [5.74, 6) is 0. The van der Waals surface area contributed by atoms with Gasteiger partial charge in [0, 0.05) is 27.7 Å². The zero-order valence-electron chi connectivity index (χ0n) is 41.5. The Labute approximate surface area is 440 Å². The third kappa shape index (κ3) is 5.25. The molecule has 76 heavy (non-hydrogen) atoms. The van der Waals surface area contributed by atoms with Crippen molar-refractivity contribution < 1.29 is 0 Å². The molecule has 2 heteroatoms. The van der Waals surface area contributed by atoms with Crippen molar-refractivity contribution in [2.24, 2.45) is 0 Å². The largest absolute Gasteiger partial charge is 0.310 e. The van der Waals surface area contributed by atoms with E-state index in [4.69, 9.17) is 0 Å². The summed E-state index contributed by atoms with van der Waals surface area (Å²) in [7, 11) is 0. The predicted octanol–water partition coefficient (Wildman–Crippen LogP) is 18.8. The first-order chi connectivity index (χ1) is 37.7. The number of anilines is 3. The number of aromatic nitrogens is 1. The van der Waals surface area contributed by atoms with Crippen molar-refractivity contribution >= 4 is 71.2 Å². The Morgan fingerprint density at radius 2 is 0.842 bits per heavy atom. The molecular formula is C74H46N2. The number of nitrogens with zero attached hydrogens (tertiary/aromatic N) is 2. The van der Waals surface area contributed by atoms with Crippen LogP contribution in [0, 0.1) is 0 Å². The van der Waals surface area contributed by atoms with Crippen LogP contribution in [0.15, 0.2) is 279 Å². The second-order valence-electron chi connectivity index (χ2n) is 21.0. The minimum Gasteiger partial charge on any atom is -0.310 e. The van der Waals surface area contributed by atoms with Gasteiger partial charge in [-0.3, -0.25) is 0 Å². The lowest BCUT2D eigenvalue weighted by Crippen LogP contribution is -2.33. The van der Waals surface area contributed by atoms with E-state index in [0.717, 1.165) is 17.1 Å². The predicted molar refractivity (Wildman–Crippen MR) is 316 cm³/mol. The van der Waals surface area contributed by atoms with Crippen molar-refractivity contribution in [3.05, 3.63) is 324 Å². The molecule has 2 nitrogen and oxygen atoms in total. The van der Waals surface area contributed by atoms with Gasteiger partial charge in [-0.15, -0.1) is 0 Å². The van der Waals surface area contributed by atoms with Crippen LogP contribution < -0.4 is 4.90 Å². The maximum Gasteiger partial charge on any atom is 0.0755 e. The van der Waals surface area contributed by atoms with Crippen LogP contribution in [0.25, 0.3) is 82.1 Å². The molecule has 0 radical (unpaired) electrons. The molecule has 13 aromatic carbocycles. The first kappa shape index (κ1) is 41.7. The molecule has 0 saturated heterocycles. The Bertz CT molecular complexity index is 4730. The minimum atomic E-state index is -0.612. The summed E-state index contributed by atoms with van der Waals surface area (Å²) in [5, 5.41) is 10.0. The second-order valence-corrected chi connectivity index (χ2v) is 21.0. The lowest BCUT2D eigenvalue weighted by atomic mass is 9.65. The SMILES string of the molecule is c1ccc(C2(c3ccccc3)c3cc(N(c4ccc5c(ccc6ccccc65)c4)c4cccc5c4-c4ccccc4C54c5ccccc5-n5c6ccccc6c6cccc4c65)ccc3-c3c2ccc2ccccc32)cc1. The molecule has 3 aliphatic rings. The van der Waals surface area contributed by atoms with Gasteiger partial charge in [-0.05, 0) is 136 Å². The smallest absolute Gasteiger partial charge is 0.0755 e. The summed E-state index contributed by atoms with van der Waals surface area (Å²) in [4.78, 5) is 2.58.